The molecule has 14 heteroatoms. The topological polar surface area (TPSA) is 228 Å². The van der Waals surface area contributed by atoms with Crippen LogP contribution in [0.1, 0.15) is 168 Å². The Labute approximate surface area is 396 Å². The third kappa shape index (κ3) is 25.3. The van der Waals surface area contributed by atoms with Crippen molar-refractivity contribution in [3.8, 4) is 0 Å². The first-order valence-corrected chi connectivity index (χ1v) is 25.5. The van der Waals surface area contributed by atoms with E-state index in [-0.39, 0.29) is 18.9 Å². The number of carbonyl (C=O) groups is 1. The van der Waals surface area contributed by atoms with Crippen LogP contribution in [0.3, 0.4) is 0 Å². The SMILES string of the molecule is CC/C=C\C/C=C\C/C=C\C/C=C\CCCCCCCCCCCCCCCCCCC(=O)NC(COC1OC(CO)C(OC2OC(CO)C(O)C(O)C2O)C(O)C1O)C(O)/C=C/CCC. The van der Waals surface area contributed by atoms with Gasteiger partial charge in [0.1, 0.15) is 48.8 Å². The van der Waals surface area contributed by atoms with Crippen LogP contribution in [0.25, 0.3) is 0 Å². The third-order valence-corrected chi connectivity index (χ3v) is 12.2. The van der Waals surface area contributed by atoms with E-state index in [1.165, 1.54) is 83.5 Å². The lowest BCUT2D eigenvalue weighted by molar-refractivity contribution is -0.359. The van der Waals surface area contributed by atoms with Crippen LogP contribution < -0.4 is 5.32 Å². The summed E-state index contributed by atoms with van der Waals surface area (Å²) in [6.45, 7) is 2.43. The maximum Gasteiger partial charge on any atom is 0.220 e. The maximum atomic E-state index is 13.0. The van der Waals surface area contributed by atoms with Gasteiger partial charge in [0, 0.05) is 6.42 Å². The summed E-state index contributed by atoms with van der Waals surface area (Å²) < 4.78 is 22.5. The normalized spacial score (nSPS) is 27.3. The molecule has 66 heavy (non-hydrogen) atoms. The molecule has 0 bridgehead atoms. The van der Waals surface area contributed by atoms with Gasteiger partial charge in [0.25, 0.3) is 0 Å². The van der Waals surface area contributed by atoms with Crippen LogP contribution in [0, 0.1) is 0 Å². The average molecular weight is 938 g/mol. The fourth-order valence-corrected chi connectivity index (χ4v) is 8.05. The van der Waals surface area contributed by atoms with Crippen LogP contribution in [0.5, 0.6) is 0 Å². The quantitative estimate of drug-likeness (QED) is 0.0234. The fraction of sp³-hybridized carbons (Fsp3) is 0.788. The standard InChI is InChI=1S/C52H91NO13/c1-3-5-7-8-9-10-11-12-13-14-15-16-17-18-19-20-21-22-23-24-25-26-27-28-29-30-31-32-34-36-44(57)53-40(41(56)35-33-6-4-2)39-63-51-49(62)47(60)50(43(38-55)65-51)66-52-48(61)46(59)45(58)42(37-54)64-52/h5,7,9-10,12-13,15-16,33,35,40-43,45-52,54-56,58-62H,3-4,6,8,11,14,17-32,34,36-39H2,1-2H3,(H,53,57)/b7-5-,10-9-,13-12-,16-15-,35-33+. The summed E-state index contributed by atoms with van der Waals surface area (Å²) in [6.07, 6.45) is 31.1. The second kappa shape index (κ2) is 38.5. The van der Waals surface area contributed by atoms with Gasteiger partial charge in [-0.25, -0.2) is 0 Å². The largest absolute Gasteiger partial charge is 0.394 e. The molecule has 0 saturated carbocycles. The average Bonchev–Trinajstić information content (AvgIpc) is 3.31. The Bertz CT molecular complexity index is 1340. The molecule has 0 spiro atoms. The molecule has 9 N–H and O–H groups in total. The molecule has 2 saturated heterocycles. The smallest absolute Gasteiger partial charge is 0.220 e. The highest BCUT2D eigenvalue weighted by Gasteiger charge is 2.51. The van der Waals surface area contributed by atoms with Crippen LogP contribution in [-0.2, 0) is 23.7 Å². The summed E-state index contributed by atoms with van der Waals surface area (Å²) >= 11 is 0. The van der Waals surface area contributed by atoms with E-state index in [1.807, 2.05) is 6.92 Å². The number of unbranched alkanes of at least 4 members (excludes halogenated alkanes) is 17. The van der Waals surface area contributed by atoms with Crippen LogP contribution in [0.4, 0.5) is 0 Å². The van der Waals surface area contributed by atoms with Crippen molar-refractivity contribution in [3.63, 3.8) is 0 Å². The molecular formula is C52H91NO13. The molecule has 0 aromatic heterocycles. The second-order valence-corrected chi connectivity index (χ2v) is 17.9. The predicted octanol–water partition coefficient (Wildman–Crippen LogP) is 6.66. The van der Waals surface area contributed by atoms with Gasteiger partial charge in [0.05, 0.1) is 32.0 Å². The molecule has 0 aromatic rings. The summed E-state index contributed by atoms with van der Waals surface area (Å²) in [7, 11) is 0. The predicted molar refractivity (Wildman–Crippen MR) is 258 cm³/mol. The monoisotopic (exact) mass is 938 g/mol. The van der Waals surface area contributed by atoms with Gasteiger partial charge < -0.3 is 65.1 Å². The van der Waals surface area contributed by atoms with E-state index in [4.69, 9.17) is 18.9 Å². The number of aliphatic hydroxyl groups is 8. The highest BCUT2D eigenvalue weighted by molar-refractivity contribution is 5.76. The van der Waals surface area contributed by atoms with Gasteiger partial charge in [-0.2, -0.15) is 0 Å². The molecule has 14 nitrogen and oxygen atoms in total. The highest BCUT2D eigenvalue weighted by atomic mass is 16.7. The molecule has 2 aliphatic rings. The first-order valence-electron chi connectivity index (χ1n) is 25.5. The maximum absolute atomic E-state index is 13.0. The van der Waals surface area contributed by atoms with E-state index < -0.39 is 86.8 Å². The van der Waals surface area contributed by atoms with E-state index in [0.717, 1.165) is 57.8 Å². The van der Waals surface area contributed by atoms with Gasteiger partial charge in [0.2, 0.25) is 5.91 Å². The van der Waals surface area contributed by atoms with Gasteiger partial charge >= 0.3 is 0 Å². The lowest BCUT2D eigenvalue weighted by Crippen LogP contribution is -2.65. The van der Waals surface area contributed by atoms with Gasteiger partial charge in [-0.1, -0.05) is 171 Å². The number of amides is 1. The molecule has 2 fully saturated rings. The Kier molecular flexibility index (Phi) is 34.9. The first kappa shape index (κ1) is 59.8. The summed E-state index contributed by atoms with van der Waals surface area (Å²) in [5, 5.41) is 85.8. The van der Waals surface area contributed by atoms with Gasteiger partial charge in [0.15, 0.2) is 12.6 Å². The minimum atomic E-state index is -1.79. The summed E-state index contributed by atoms with van der Waals surface area (Å²) in [4.78, 5) is 13.0. The van der Waals surface area contributed by atoms with Gasteiger partial charge in [-0.15, -0.1) is 0 Å². The number of hydrogen-bond donors (Lipinski definition) is 9. The molecule has 12 atom stereocenters. The lowest BCUT2D eigenvalue weighted by Gasteiger charge is -2.46. The Morgan fingerprint density at radius 1 is 0.561 bits per heavy atom. The molecule has 0 aliphatic carbocycles. The Hall–Kier alpha value is -2.31. The van der Waals surface area contributed by atoms with Crippen molar-refractivity contribution in [2.45, 2.75) is 242 Å². The molecule has 1 amide bonds. The number of allylic oxidation sites excluding steroid dienone is 9. The number of aliphatic hydroxyl groups excluding tert-OH is 8. The van der Waals surface area contributed by atoms with Crippen molar-refractivity contribution in [3.05, 3.63) is 60.8 Å². The fourth-order valence-electron chi connectivity index (χ4n) is 8.05. The van der Waals surface area contributed by atoms with E-state index in [1.54, 1.807) is 12.2 Å². The van der Waals surface area contributed by atoms with Gasteiger partial charge in [-0.05, 0) is 51.4 Å². The molecule has 0 aromatic carbocycles. The van der Waals surface area contributed by atoms with Crippen molar-refractivity contribution in [1.29, 1.82) is 0 Å². The van der Waals surface area contributed by atoms with Crippen LogP contribution in [0.2, 0.25) is 0 Å². The van der Waals surface area contributed by atoms with Crippen molar-refractivity contribution in [2.75, 3.05) is 19.8 Å². The molecule has 2 aliphatic heterocycles. The van der Waals surface area contributed by atoms with Crippen molar-refractivity contribution in [2.24, 2.45) is 0 Å². The zero-order chi connectivity index (χ0) is 48.2. The van der Waals surface area contributed by atoms with Crippen LogP contribution in [0.15, 0.2) is 60.8 Å². The first-order chi connectivity index (χ1) is 32.1. The third-order valence-electron chi connectivity index (χ3n) is 12.2. The molecule has 2 rings (SSSR count). The highest BCUT2D eigenvalue weighted by Crippen LogP contribution is 2.30. The zero-order valence-electron chi connectivity index (χ0n) is 40.4. The Morgan fingerprint density at radius 3 is 1.58 bits per heavy atom. The van der Waals surface area contributed by atoms with Gasteiger partial charge in [-0.3, -0.25) is 4.79 Å². The molecule has 382 valence electrons. The molecule has 12 unspecified atom stereocenters. The molecule has 2 heterocycles. The summed E-state index contributed by atoms with van der Waals surface area (Å²) in [5.41, 5.74) is 0. The number of hydrogen-bond acceptors (Lipinski definition) is 13. The summed E-state index contributed by atoms with van der Waals surface area (Å²) in [6, 6.07) is -0.911. The van der Waals surface area contributed by atoms with Crippen LogP contribution in [-0.4, -0.2) is 140 Å². The minimum absolute atomic E-state index is 0.254. The van der Waals surface area contributed by atoms with Crippen LogP contribution >= 0.6 is 0 Å². The Morgan fingerprint density at radius 2 is 1.05 bits per heavy atom. The molecular weight excluding hydrogens is 847 g/mol. The number of rotatable bonds is 38. The minimum Gasteiger partial charge on any atom is -0.394 e. The second-order valence-electron chi connectivity index (χ2n) is 17.9. The number of nitrogens with one attached hydrogen (secondary N) is 1. The van der Waals surface area contributed by atoms with Crippen molar-refractivity contribution < 1.29 is 64.6 Å². The van der Waals surface area contributed by atoms with E-state index in [0.29, 0.717) is 6.42 Å². The van der Waals surface area contributed by atoms with E-state index in [2.05, 4.69) is 60.8 Å². The van der Waals surface area contributed by atoms with E-state index >= 15 is 0 Å². The van der Waals surface area contributed by atoms with Crippen molar-refractivity contribution >= 4 is 5.91 Å². The zero-order valence-corrected chi connectivity index (χ0v) is 40.4. The number of ether oxygens (including phenoxy) is 4. The molecule has 0 radical (unpaired) electrons. The van der Waals surface area contributed by atoms with E-state index in [9.17, 15) is 45.6 Å². The Balaban J connectivity index is 1.56. The lowest BCUT2D eigenvalue weighted by atomic mass is 9.97. The summed E-state index contributed by atoms with van der Waals surface area (Å²) in [5.74, 6) is -0.254. The number of carbonyl (C=O) groups excluding carboxylic acids is 1. The van der Waals surface area contributed by atoms with Crippen molar-refractivity contribution in [1.82, 2.24) is 5.32 Å².